The lowest BCUT2D eigenvalue weighted by Gasteiger charge is -2.09. The van der Waals surface area contributed by atoms with Crippen LogP contribution in [0.25, 0.3) is 0 Å². The molecular weight excluding hydrogens is 322 g/mol. The molecule has 1 aromatic rings. The van der Waals surface area contributed by atoms with Crippen LogP contribution in [0.2, 0.25) is 0 Å². The second-order valence-electron chi connectivity index (χ2n) is 7.49. The van der Waals surface area contributed by atoms with E-state index >= 15 is 0 Å². The molecule has 1 aromatic carbocycles. The number of nitrogens with one attached hydrogen (secondary N) is 1. The average molecular weight is 364 g/mol. The highest BCUT2D eigenvalue weighted by Crippen LogP contribution is 2.12. The molecule has 1 amide bonds. The lowest BCUT2D eigenvalue weighted by Crippen LogP contribution is -2.22. The standard InChI is InChI=1S/C23H39NO.H2O/c1-4-5-6-7-8-9-10-11-12-13-14-15-23(25)24-19-22-17-16-20(2)18-21(22)3;/h16-18H,4-15,19H2,1-3H3,(H,24,25);1H2. The molecule has 3 heteroatoms. The normalized spacial score (nSPS) is 10.4. The van der Waals surface area contributed by atoms with Gasteiger partial charge in [0.15, 0.2) is 0 Å². The number of unbranched alkanes of at least 4 members (excludes halogenated alkanes) is 10. The van der Waals surface area contributed by atoms with Gasteiger partial charge < -0.3 is 10.8 Å². The van der Waals surface area contributed by atoms with Crippen LogP contribution in [0, 0.1) is 13.8 Å². The van der Waals surface area contributed by atoms with Gasteiger partial charge in [-0.2, -0.15) is 0 Å². The Balaban J connectivity index is 0.00000625. The fraction of sp³-hybridized carbons (Fsp3) is 0.696. The maximum absolute atomic E-state index is 11.9. The van der Waals surface area contributed by atoms with Gasteiger partial charge in [0, 0.05) is 13.0 Å². The predicted octanol–water partition coefficient (Wildman–Crippen LogP) is 5.80. The minimum Gasteiger partial charge on any atom is -0.412 e. The number of carbonyl (C=O) groups excluding carboxylic acids is 1. The van der Waals surface area contributed by atoms with Crippen LogP contribution in [0.15, 0.2) is 18.2 Å². The Bertz CT molecular complexity index is 485. The van der Waals surface area contributed by atoms with Crippen molar-refractivity contribution in [3.05, 3.63) is 34.9 Å². The Hall–Kier alpha value is -1.35. The predicted molar refractivity (Wildman–Crippen MR) is 112 cm³/mol. The molecule has 0 saturated heterocycles. The van der Waals surface area contributed by atoms with Gasteiger partial charge in [0.1, 0.15) is 0 Å². The van der Waals surface area contributed by atoms with Crippen molar-refractivity contribution in [1.29, 1.82) is 0 Å². The number of hydrogen-bond acceptors (Lipinski definition) is 1. The van der Waals surface area contributed by atoms with Crippen LogP contribution in [0.5, 0.6) is 0 Å². The first-order chi connectivity index (χ1) is 12.1. The summed E-state index contributed by atoms with van der Waals surface area (Å²) < 4.78 is 0. The second kappa shape index (κ2) is 15.9. The van der Waals surface area contributed by atoms with Crippen LogP contribution in [-0.4, -0.2) is 11.4 Å². The molecule has 26 heavy (non-hydrogen) atoms. The number of hydrogen-bond donors (Lipinski definition) is 1. The van der Waals surface area contributed by atoms with Crippen LogP contribution in [0.4, 0.5) is 0 Å². The molecule has 0 atom stereocenters. The summed E-state index contributed by atoms with van der Waals surface area (Å²) in [5.41, 5.74) is 3.75. The van der Waals surface area contributed by atoms with Gasteiger partial charge in [-0.25, -0.2) is 0 Å². The lowest BCUT2D eigenvalue weighted by molar-refractivity contribution is -0.121. The molecule has 0 spiro atoms. The molecule has 0 saturated carbocycles. The van der Waals surface area contributed by atoms with E-state index in [0.717, 1.165) is 6.42 Å². The van der Waals surface area contributed by atoms with Crippen LogP contribution >= 0.6 is 0 Å². The molecule has 150 valence electrons. The third-order valence-electron chi connectivity index (χ3n) is 4.98. The largest absolute Gasteiger partial charge is 0.412 e. The Morgan fingerprint density at radius 3 is 1.92 bits per heavy atom. The SMILES string of the molecule is CCCCCCCCCCCCCC(=O)NCc1ccc(C)cc1C.O. The average Bonchev–Trinajstić information content (AvgIpc) is 2.59. The number of aryl methyl sites for hydroxylation is 2. The molecule has 0 aliphatic carbocycles. The van der Waals surface area contributed by atoms with E-state index in [-0.39, 0.29) is 11.4 Å². The maximum Gasteiger partial charge on any atom is 0.220 e. The Morgan fingerprint density at radius 1 is 0.846 bits per heavy atom. The summed E-state index contributed by atoms with van der Waals surface area (Å²) in [6.45, 7) is 7.13. The van der Waals surface area contributed by atoms with Gasteiger partial charge in [0.2, 0.25) is 5.91 Å². The summed E-state index contributed by atoms with van der Waals surface area (Å²) in [4.78, 5) is 11.9. The third-order valence-corrected chi connectivity index (χ3v) is 4.98. The molecule has 0 aliphatic rings. The third kappa shape index (κ3) is 12.1. The van der Waals surface area contributed by atoms with E-state index in [1.807, 2.05) is 0 Å². The van der Waals surface area contributed by atoms with Crippen molar-refractivity contribution in [3.63, 3.8) is 0 Å². The number of rotatable bonds is 14. The second-order valence-corrected chi connectivity index (χ2v) is 7.49. The molecule has 0 unspecified atom stereocenters. The maximum atomic E-state index is 11.9. The minimum absolute atomic E-state index is 0. The molecule has 0 bridgehead atoms. The first kappa shape index (κ1) is 24.7. The first-order valence-corrected chi connectivity index (χ1v) is 10.5. The number of carbonyl (C=O) groups is 1. The quantitative estimate of drug-likeness (QED) is 0.417. The molecule has 3 N–H and O–H groups in total. The van der Waals surface area contributed by atoms with Crippen LogP contribution in [0.3, 0.4) is 0 Å². The van der Waals surface area contributed by atoms with E-state index in [4.69, 9.17) is 0 Å². The molecule has 0 heterocycles. The summed E-state index contributed by atoms with van der Waals surface area (Å²) >= 11 is 0. The van der Waals surface area contributed by atoms with Crippen LogP contribution in [0.1, 0.15) is 101 Å². The van der Waals surface area contributed by atoms with E-state index in [9.17, 15) is 4.79 Å². The Morgan fingerprint density at radius 2 is 1.38 bits per heavy atom. The van der Waals surface area contributed by atoms with Gasteiger partial charge >= 0.3 is 0 Å². The highest BCUT2D eigenvalue weighted by molar-refractivity contribution is 5.75. The number of benzene rings is 1. The van der Waals surface area contributed by atoms with E-state index in [1.165, 1.54) is 80.9 Å². The van der Waals surface area contributed by atoms with Crippen molar-refractivity contribution in [2.24, 2.45) is 0 Å². The summed E-state index contributed by atoms with van der Waals surface area (Å²) in [5.74, 6) is 0.191. The highest BCUT2D eigenvalue weighted by atomic mass is 16.1. The van der Waals surface area contributed by atoms with E-state index in [1.54, 1.807) is 0 Å². The molecular formula is C23H41NO2. The van der Waals surface area contributed by atoms with Crippen LogP contribution in [-0.2, 0) is 11.3 Å². The minimum atomic E-state index is 0. The van der Waals surface area contributed by atoms with Crippen molar-refractivity contribution in [2.75, 3.05) is 0 Å². The zero-order valence-corrected chi connectivity index (χ0v) is 17.3. The molecule has 3 nitrogen and oxygen atoms in total. The van der Waals surface area contributed by atoms with E-state index in [2.05, 4.69) is 44.3 Å². The van der Waals surface area contributed by atoms with Gasteiger partial charge in [-0.3, -0.25) is 4.79 Å². The van der Waals surface area contributed by atoms with Crippen molar-refractivity contribution < 1.29 is 10.3 Å². The molecule has 1 rings (SSSR count). The smallest absolute Gasteiger partial charge is 0.220 e. The first-order valence-electron chi connectivity index (χ1n) is 10.5. The van der Waals surface area contributed by atoms with Gasteiger partial charge in [-0.15, -0.1) is 0 Å². The van der Waals surface area contributed by atoms with Crippen LogP contribution < -0.4 is 5.32 Å². The fourth-order valence-corrected chi connectivity index (χ4v) is 3.28. The van der Waals surface area contributed by atoms with Gasteiger partial charge in [0.05, 0.1) is 0 Å². The molecule has 0 radical (unpaired) electrons. The summed E-state index contributed by atoms with van der Waals surface area (Å²) in [7, 11) is 0. The summed E-state index contributed by atoms with van der Waals surface area (Å²) in [6.07, 6.45) is 15.2. The summed E-state index contributed by atoms with van der Waals surface area (Å²) in [5, 5.41) is 3.06. The zero-order chi connectivity index (χ0) is 18.3. The Kier molecular flexibility index (Phi) is 15.0. The van der Waals surface area contributed by atoms with Crippen molar-refractivity contribution in [3.8, 4) is 0 Å². The monoisotopic (exact) mass is 363 g/mol. The fourth-order valence-electron chi connectivity index (χ4n) is 3.28. The Labute approximate surface area is 161 Å². The molecule has 0 aromatic heterocycles. The van der Waals surface area contributed by atoms with Crippen molar-refractivity contribution >= 4 is 5.91 Å². The number of amides is 1. The van der Waals surface area contributed by atoms with Crippen molar-refractivity contribution in [2.45, 2.75) is 104 Å². The topological polar surface area (TPSA) is 60.6 Å². The summed E-state index contributed by atoms with van der Waals surface area (Å²) in [6, 6.07) is 6.40. The van der Waals surface area contributed by atoms with E-state index < -0.39 is 0 Å². The highest BCUT2D eigenvalue weighted by Gasteiger charge is 2.03. The van der Waals surface area contributed by atoms with Crippen molar-refractivity contribution in [1.82, 2.24) is 5.32 Å². The molecule has 0 aliphatic heterocycles. The lowest BCUT2D eigenvalue weighted by atomic mass is 10.0. The van der Waals surface area contributed by atoms with Gasteiger partial charge in [-0.05, 0) is 31.4 Å². The van der Waals surface area contributed by atoms with E-state index in [0.29, 0.717) is 13.0 Å². The van der Waals surface area contributed by atoms with Gasteiger partial charge in [0.25, 0.3) is 0 Å². The van der Waals surface area contributed by atoms with Gasteiger partial charge in [-0.1, -0.05) is 94.9 Å². The molecule has 0 fully saturated rings. The zero-order valence-electron chi connectivity index (χ0n) is 17.3.